The van der Waals surface area contributed by atoms with Crippen molar-refractivity contribution >= 4 is 0 Å². The summed E-state index contributed by atoms with van der Waals surface area (Å²) in [7, 11) is 0. The first kappa shape index (κ1) is 13.0. The molecule has 0 radical (unpaired) electrons. The molecule has 0 heteroatoms. The van der Waals surface area contributed by atoms with E-state index < -0.39 is 0 Å². The van der Waals surface area contributed by atoms with Crippen LogP contribution in [0.1, 0.15) is 72.6 Å². The lowest BCUT2D eigenvalue weighted by Crippen LogP contribution is -2.02. The summed E-state index contributed by atoms with van der Waals surface area (Å²) in [5, 5.41) is 0. The molecule has 0 nitrogen and oxygen atoms in total. The topological polar surface area (TPSA) is 0 Å². The molecule has 0 amide bonds. The Kier molecular flexibility index (Phi) is 8.59. The Balaban J connectivity index is 0.000000671. The van der Waals surface area contributed by atoms with Crippen LogP contribution < -0.4 is 0 Å². The van der Waals surface area contributed by atoms with Crippen molar-refractivity contribution in [2.75, 3.05) is 0 Å². The average molecular weight is 184 g/mol. The zero-order valence-electron chi connectivity index (χ0n) is 10.1. The highest BCUT2D eigenvalue weighted by molar-refractivity contribution is 4.65. The van der Waals surface area contributed by atoms with Crippen molar-refractivity contribution in [3.63, 3.8) is 0 Å². The maximum absolute atomic E-state index is 2.35. The second-order valence-electron chi connectivity index (χ2n) is 4.49. The number of hydrogen-bond donors (Lipinski definition) is 0. The van der Waals surface area contributed by atoms with E-state index in [0.717, 1.165) is 11.8 Å². The first-order valence-corrected chi connectivity index (χ1v) is 6.29. The molecule has 0 N–H and O–H groups in total. The molecule has 0 aromatic heterocycles. The van der Waals surface area contributed by atoms with Gasteiger partial charge >= 0.3 is 0 Å². The normalized spacial score (nSPS) is 19.2. The van der Waals surface area contributed by atoms with Crippen molar-refractivity contribution in [3.05, 3.63) is 0 Å². The summed E-state index contributed by atoms with van der Waals surface area (Å²) < 4.78 is 0. The molecule has 0 aliphatic heterocycles. The molecule has 0 atom stereocenters. The second-order valence-corrected chi connectivity index (χ2v) is 4.49. The summed E-state index contributed by atoms with van der Waals surface area (Å²) in [6, 6.07) is 0. The standard InChI is InChI=1S/C11H22.C2H6/c1-10(2)9-11-7-5-3-4-6-8-11;1-2/h10-11H,3-9H2,1-2H3;1-2H3. The first-order valence-electron chi connectivity index (χ1n) is 6.29. The predicted octanol–water partition coefficient (Wildman–Crippen LogP) is 5.03. The Labute approximate surface area is 85.1 Å². The van der Waals surface area contributed by atoms with Crippen LogP contribution in [0, 0.1) is 11.8 Å². The number of hydrogen-bond acceptors (Lipinski definition) is 0. The van der Waals surface area contributed by atoms with E-state index in [0.29, 0.717) is 0 Å². The van der Waals surface area contributed by atoms with E-state index in [9.17, 15) is 0 Å². The summed E-state index contributed by atoms with van der Waals surface area (Å²) in [4.78, 5) is 0. The van der Waals surface area contributed by atoms with Crippen molar-refractivity contribution in [3.8, 4) is 0 Å². The molecule has 0 aromatic carbocycles. The molecule has 1 saturated carbocycles. The van der Waals surface area contributed by atoms with Crippen LogP contribution in [0.3, 0.4) is 0 Å². The number of rotatable bonds is 2. The third kappa shape index (κ3) is 7.10. The van der Waals surface area contributed by atoms with Gasteiger partial charge in [-0.25, -0.2) is 0 Å². The third-order valence-electron chi connectivity index (χ3n) is 2.78. The van der Waals surface area contributed by atoms with Crippen LogP contribution >= 0.6 is 0 Å². The van der Waals surface area contributed by atoms with Crippen molar-refractivity contribution in [1.29, 1.82) is 0 Å². The van der Waals surface area contributed by atoms with Crippen LogP contribution in [0.5, 0.6) is 0 Å². The Hall–Kier alpha value is 0. The Bertz CT molecular complexity index is 86.2. The molecule has 1 rings (SSSR count). The molecule has 0 unspecified atom stereocenters. The molecule has 0 bridgehead atoms. The maximum atomic E-state index is 2.35. The molecule has 0 saturated heterocycles. The Morgan fingerprint density at radius 3 is 1.77 bits per heavy atom. The van der Waals surface area contributed by atoms with Crippen molar-refractivity contribution in [1.82, 2.24) is 0 Å². The largest absolute Gasteiger partial charge is 0.0683 e. The van der Waals surface area contributed by atoms with E-state index in [2.05, 4.69) is 13.8 Å². The van der Waals surface area contributed by atoms with Crippen LogP contribution in [-0.2, 0) is 0 Å². The van der Waals surface area contributed by atoms with Crippen LogP contribution in [0.25, 0.3) is 0 Å². The van der Waals surface area contributed by atoms with Gasteiger partial charge < -0.3 is 0 Å². The molecule has 0 spiro atoms. The minimum atomic E-state index is 0.915. The molecule has 1 aliphatic carbocycles. The Morgan fingerprint density at radius 1 is 0.923 bits per heavy atom. The van der Waals surface area contributed by atoms with E-state index >= 15 is 0 Å². The van der Waals surface area contributed by atoms with E-state index in [-0.39, 0.29) is 0 Å². The zero-order chi connectivity index (χ0) is 10.1. The molecule has 80 valence electrons. The molecule has 1 aliphatic rings. The highest BCUT2D eigenvalue weighted by Crippen LogP contribution is 2.27. The van der Waals surface area contributed by atoms with Crippen molar-refractivity contribution < 1.29 is 0 Å². The predicted molar refractivity (Wildman–Crippen MR) is 62.0 cm³/mol. The summed E-state index contributed by atoms with van der Waals surface area (Å²) >= 11 is 0. The monoisotopic (exact) mass is 184 g/mol. The lowest BCUT2D eigenvalue weighted by Gasteiger charge is -2.15. The van der Waals surface area contributed by atoms with E-state index in [1.807, 2.05) is 13.8 Å². The fourth-order valence-corrected chi connectivity index (χ4v) is 2.27. The van der Waals surface area contributed by atoms with E-state index in [1.165, 1.54) is 44.9 Å². The van der Waals surface area contributed by atoms with E-state index in [1.54, 1.807) is 0 Å². The van der Waals surface area contributed by atoms with Crippen molar-refractivity contribution in [2.45, 2.75) is 72.6 Å². The summed E-state index contributed by atoms with van der Waals surface area (Å²) in [6.45, 7) is 8.70. The van der Waals surface area contributed by atoms with Gasteiger partial charge in [0.15, 0.2) is 0 Å². The first-order chi connectivity index (χ1) is 6.29. The van der Waals surface area contributed by atoms with Gasteiger partial charge in [-0.2, -0.15) is 0 Å². The zero-order valence-corrected chi connectivity index (χ0v) is 10.1. The van der Waals surface area contributed by atoms with Gasteiger partial charge in [0.2, 0.25) is 0 Å². The van der Waals surface area contributed by atoms with Gasteiger partial charge in [-0.1, -0.05) is 66.2 Å². The van der Waals surface area contributed by atoms with Crippen LogP contribution in [0.15, 0.2) is 0 Å². The molecule has 0 heterocycles. The summed E-state index contributed by atoms with van der Waals surface area (Å²) in [6.07, 6.45) is 10.5. The summed E-state index contributed by atoms with van der Waals surface area (Å²) in [5.74, 6) is 1.98. The highest BCUT2D eigenvalue weighted by Gasteiger charge is 2.12. The van der Waals surface area contributed by atoms with Gasteiger partial charge in [0, 0.05) is 0 Å². The maximum Gasteiger partial charge on any atom is -0.0412 e. The van der Waals surface area contributed by atoms with Gasteiger partial charge in [-0.15, -0.1) is 0 Å². The van der Waals surface area contributed by atoms with Gasteiger partial charge in [0.25, 0.3) is 0 Å². The lowest BCUT2D eigenvalue weighted by atomic mass is 9.91. The molecule has 0 aromatic rings. The minimum Gasteiger partial charge on any atom is -0.0683 e. The highest BCUT2D eigenvalue weighted by atomic mass is 14.2. The van der Waals surface area contributed by atoms with E-state index in [4.69, 9.17) is 0 Å². The fraction of sp³-hybridized carbons (Fsp3) is 1.00. The van der Waals surface area contributed by atoms with Crippen LogP contribution in [0.4, 0.5) is 0 Å². The average Bonchev–Trinajstić information content (AvgIpc) is 2.36. The second kappa shape index (κ2) is 8.59. The minimum absolute atomic E-state index is 0.915. The summed E-state index contributed by atoms with van der Waals surface area (Å²) in [5.41, 5.74) is 0. The van der Waals surface area contributed by atoms with Gasteiger partial charge in [-0.05, 0) is 18.3 Å². The van der Waals surface area contributed by atoms with Gasteiger partial charge in [0.1, 0.15) is 0 Å². The fourth-order valence-electron chi connectivity index (χ4n) is 2.27. The molecular weight excluding hydrogens is 156 g/mol. The molecular formula is C13H28. The van der Waals surface area contributed by atoms with Crippen LogP contribution in [-0.4, -0.2) is 0 Å². The third-order valence-corrected chi connectivity index (χ3v) is 2.78. The van der Waals surface area contributed by atoms with Gasteiger partial charge in [0.05, 0.1) is 0 Å². The SMILES string of the molecule is CC.CC(C)CC1CCCCCC1. The van der Waals surface area contributed by atoms with Crippen molar-refractivity contribution in [2.24, 2.45) is 11.8 Å². The molecule has 13 heavy (non-hydrogen) atoms. The lowest BCUT2D eigenvalue weighted by molar-refractivity contribution is 0.370. The molecule has 1 fully saturated rings. The smallest absolute Gasteiger partial charge is 0.0412 e. The Morgan fingerprint density at radius 2 is 1.38 bits per heavy atom. The van der Waals surface area contributed by atoms with Gasteiger partial charge in [-0.3, -0.25) is 0 Å². The van der Waals surface area contributed by atoms with Crippen LogP contribution in [0.2, 0.25) is 0 Å². The quantitative estimate of drug-likeness (QED) is 0.528.